The number of benzene rings is 1. The zero-order valence-corrected chi connectivity index (χ0v) is 11.0. The molecule has 20 heavy (non-hydrogen) atoms. The minimum atomic E-state index is -4.30. The molecule has 7 heteroatoms. The van der Waals surface area contributed by atoms with Gasteiger partial charge < -0.3 is 14.8 Å². The summed E-state index contributed by atoms with van der Waals surface area (Å²) in [4.78, 5) is 0. The third kappa shape index (κ3) is 5.36. The zero-order chi connectivity index (χ0) is 15.0. The summed E-state index contributed by atoms with van der Waals surface area (Å²) in [7, 11) is 1.48. The number of nitrogens with zero attached hydrogens (tertiary/aromatic N) is 1. The molecule has 0 aliphatic carbocycles. The smallest absolute Gasteiger partial charge is 0.411 e. The van der Waals surface area contributed by atoms with Crippen molar-refractivity contribution in [2.45, 2.75) is 12.6 Å². The van der Waals surface area contributed by atoms with E-state index in [1.54, 1.807) is 18.2 Å². The van der Waals surface area contributed by atoms with E-state index in [9.17, 15) is 13.2 Å². The van der Waals surface area contributed by atoms with E-state index in [0.29, 0.717) is 30.0 Å². The number of alkyl halides is 3. The Balaban J connectivity index is 2.41. The molecule has 0 fully saturated rings. The zero-order valence-electron chi connectivity index (χ0n) is 11.0. The Labute approximate surface area is 115 Å². The number of nitrogens with one attached hydrogen (secondary N) is 1. The van der Waals surface area contributed by atoms with Crippen LogP contribution in [-0.4, -0.2) is 33.0 Å². The van der Waals surface area contributed by atoms with Gasteiger partial charge in [-0.1, -0.05) is 6.07 Å². The van der Waals surface area contributed by atoms with Gasteiger partial charge in [0.05, 0.1) is 18.4 Å². The van der Waals surface area contributed by atoms with Crippen molar-refractivity contribution in [3.05, 3.63) is 23.8 Å². The summed E-state index contributed by atoms with van der Waals surface area (Å²) in [5, 5.41) is 11.9. The molecule has 4 nitrogen and oxygen atoms in total. The molecule has 1 aromatic rings. The highest BCUT2D eigenvalue weighted by Crippen LogP contribution is 2.27. The normalized spacial score (nSPS) is 10.9. The van der Waals surface area contributed by atoms with Crippen molar-refractivity contribution < 1.29 is 22.6 Å². The molecule has 0 radical (unpaired) electrons. The molecular formula is C13H15F3N2O2. The van der Waals surface area contributed by atoms with E-state index >= 15 is 0 Å². The highest BCUT2D eigenvalue weighted by atomic mass is 19.4. The maximum absolute atomic E-state index is 11.8. The summed E-state index contributed by atoms with van der Waals surface area (Å²) in [6, 6.07) is 7.04. The number of hydrogen-bond acceptors (Lipinski definition) is 4. The van der Waals surface area contributed by atoms with E-state index in [0.717, 1.165) is 0 Å². The van der Waals surface area contributed by atoms with E-state index in [2.05, 4.69) is 10.1 Å². The summed E-state index contributed by atoms with van der Waals surface area (Å²) in [5.41, 5.74) is 0.953. The Bertz CT molecular complexity index is 470. The van der Waals surface area contributed by atoms with Crippen LogP contribution >= 0.6 is 0 Å². The lowest BCUT2D eigenvalue weighted by atomic mass is 10.1. The first-order valence-corrected chi connectivity index (χ1v) is 5.93. The van der Waals surface area contributed by atoms with Crippen LogP contribution in [0, 0.1) is 11.3 Å². The predicted molar refractivity (Wildman–Crippen MR) is 67.7 cm³/mol. The number of anilines is 1. The third-order valence-corrected chi connectivity index (χ3v) is 2.40. The number of methoxy groups -OCH3 is 1. The Morgan fingerprint density at radius 3 is 2.70 bits per heavy atom. The van der Waals surface area contributed by atoms with Crippen molar-refractivity contribution in [1.82, 2.24) is 0 Å². The number of hydrogen-bond donors (Lipinski definition) is 1. The molecule has 0 spiro atoms. The van der Waals surface area contributed by atoms with Gasteiger partial charge in [-0.3, -0.25) is 0 Å². The molecule has 0 amide bonds. The average Bonchev–Trinajstić information content (AvgIpc) is 2.41. The van der Waals surface area contributed by atoms with Crippen LogP contribution in [0.2, 0.25) is 0 Å². The summed E-state index contributed by atoms with van der Waals surface area (Å²) in [5.74, 6) is 0.514. The van der Waals surface area contributed by atoms with Crippen molar-refractivity contribution in [2.24, 2.45) is 0 Å². The number of ether oxygens (including phenoxy) is 2. The molecular weight excluding hydrogens is 273 g/mol. The number of para-hydroxylation sites is 1. The van der Waals surface area contributed by atoms with E-state index in [-0.39, 0.29) is 6.61 Å². The highest BCUT2D eigenvalue weighted by molar-refractivity contribution is 5.66. The number of nitriles is 1. The largest absolute Gasteiger partial charge is 0.495 e. The lowest BCUT2D eigenvalue weighted by Gasteiger charge is -2.13. The van der Waals surface area contributed by atoms with Gasteiger partial charge in [-0.15, -0.1) is 0 Å². The van der Waals surface area contributed by atoms with Gasteiger partial charge in [0.2, 0.25) is 0 Å². The van der Waals surface area contributed by atoms with Crippen LogP contribution < -0.4 is 10.1 Å². The van der Waals surface area contributed by atoms with E-state index in [1.165, 1.54) is 7.11 Å². The van der Waals surface area contributed by atoms with Crippen molar-refractivity contribution in [1.29, 1.82) is 5.26 Å². The first-order chi connectivity index (χ1) is 9.48. The van der Waals surface area contributed by atoms with Crippen LogP contribution in [0.4, 0.5) is 18.9 Å². The Morgan fingerprint density at radius 1 is 1.35 bits per heavy atom. The summed E-state index contributed by atoms with van der Waals surface area (Å²) < 4.78 is 45.1. The monoisotopic (exact) mass is 288 g/mol. The first-order valence-electron chi connectivity index (χ1n) is 5.93. The summed E-state index contributed by atoms with van der Waals surface area (Å²) >= 11 is 0. The quantitative estimate of drug-likeness (QED) is 0.784. The summed E-state index contributed by atoms with van der Waals surface area (Å²) in [6.07, 6.45) is -3.91. The molecule has 0 atom stereocenters. The molecule has 0 unspecified atom stereocenters. The van der Waals surface area contributed by atoms with E-state index in [1.807, 2.05) is 6.07 Å². The second-order valence-corrected chi connectivity index (χ2v) is 3.94. The van der Waals surface area contributed by atoms with E-state index < -0.39 is 12.8 Å². The molecule has 1 N–H and O–H groups in total. The molecule has 0 aromatic heterocycles. The molecule has 0 aliphatic rings. The first kappa shape index (κ1) is 16.1. The van der Waals surface area contributed by atoms with Gasteiger partial charge in [-0.05, 0) is 18.6 Å². The fraction of sp³-hybridized carbons (Fsp3) is 0.462. The van der Waals surface area contributed by atoms with Crippen LogP contribution in [0.3, 0.4) is 0 Å². The van der Waals surface area contributed by atoms with Crippen LogP contribution in [0.25, 0.3) is 0 Å². The molecule has 0 aliphatic heterocycles. The topological polar surface area (TPSA) is 54.3 Å². The molecule has 0 bridgehead atoms. The number of halogens is 3. The van der Waals surface area contributed by atoms with Gasteiger partial charge >= 0.3 is 6.18 Å². The maximum Gasteiger partial charge on any atom is 0.411 e. The second kappa shape index (κ2) is 7.60. The van der Waals surface area contributed by atoms with Crippen LogP contribution in [0.1, 0.15) is 12.0 Å². The SMILES string of the molecule is COc1cccc(C#N)c1NCCCOCC(F)(F)F. The molecule has 1 rings (SSSR count). The Morgan fingerprint density at radius 2 is 2.10 bits per heavy atom. The fourth-order valence-corrected chi connectivity index (χ4v) is 1.55. The molecule has 1 aromatic carbocycles. The molecule has 0 saturated heterocycles. The van der Waals surface area contributed by atoms with Gasteiger partial charge in [0.1, 0.15) is 18.4 Å². The van der Waals surface area contributed by atoms with Crippen molar-refractivity contribution >= 4 is 5.69 Å². The lowest BCUT2D eigenvalue weighted by molar-refractivity contribution is -0.173. The minimum absolute atomic E-state index is 0.0104. The van der Waals surface area contributed by atoms with Crippen LogP contribution in [0.5, 0.6) is 5.75 Å². The minimum Gasteiger partial charge on any atom is -0.495 e. The van der Waals surface area contributed by atoms with Gasteiger partial charge in [0.25, 0.3) is 0 Å². The van der Waals surface area contributed by atoms with Crippen molar-refractivity contribution in [3.8, 4) is 11.8 Å². The van der Waals surface area contributed by atoms with Gasteiger partial charge in [0, 0.05) is 13.2 Å². The van der Waals surface area contributed by atoms with E-state index in [4.69, 9.17) is 10.00 Å². The second-order valence-electron chi connectivity index (χ2n) is 3.94. The Kier molecular flexibility index (Phi) is 6.12. The van der Waals surface area contributed by atoms with Gasteiger partial charge in [0.15, 0.2) is 0 Å². The highest BCUT2D eigenvalue weighted by Gasteiger charge is 2.27. The number of rotatable bonds is 7. The lowest BCUT2D eigenvalue weighted by Crippen LogP contribution is -2.18. The van der Waals surface area contributed by atoms with Crippen LogP contribution in [-0.2, 0) is 4.74 Å². The van der Waals surface area contributed by atoms with Crippen molar-refractivity contribution in [3.63, 3.8) is 0 Å². The van der Waals surface area contributed by atoms with Gasteiger partial charge in [-0.25, -0.2) is 0 Å². The summed E-state index contributed by atoms with van der Waals surface area (Å²) in [6.45, 7) is -0.873. The van der Waals surface area contributed by atoms with Crippen molar-refractivity contribution in [2.75, 3.05) is 32.2 Å². The maximum atomic E-state index is 11.8. The molecule has 110 valence electrons. The standard InChI is InChI=1S/C13H15F3N2O2/c1-19-11-5-2-4-10(8-17)12(11)18-6-3-7-20-9-13(14,15)16/h2,4-5,18H,3,6-7,9H2,1H3. The predicted octanol–water partition coefficient (Wildman–Crippen LogP) is 2.95. The Hall–Kier alpha value is -1.94. The molecule has 0 saturated carbocycles. The average molecular weight is 288 g/mol. The third-order valence-electron chi connectivity index (χ3n) is 2.40. The fourth-order valence-electron chi connectivity index (χ4n) is 1.55. The molecule has 0 heterocycles. The van der Waals surface area contributed by atoms with Crippen LogP contribution in [0.15, 0.2) is 18.2 Å². The van der Waals surface area contributed by atoms with Gasteiger partial charge in [-0.2, -0.15) is 18.4 Å².